The first-order chi connectivity index (χ1) is 18.0. The lowest BCUT2D eigenvalue weighted by Crippen LogP contribution is -2.49. The van der Waals surface area contributed by atoms with Crippen molar-refractivity contribution in [2.45, 2.75) is 30.3 Å². The average Bonchev–Trinajstić information content (AvgIpc) is 3.46. The van der Waals surface area contributed by atoms with Gasteiger partial charge in [0.15, 0.2) is 0 Å². The normalized spacial score (nSPS) is 21.1. The van der Waals surface area contributed by atoms with Crippen molar-refractivity contribution in [2.24, 2.45) is 0 Å². The first-order valence-electron chi connectivity index (χ1n) is 12.2. The molecule has 1 amide bonds. The van der Waals surface area contributed by atoms with Crippen molar-refractivity contribution in [3.63, 3.8) is 0 Å². The Kier molecular flexibility index (Phi) is 7.94. The summed E-state index contributed by atoms with van der Waals surface area (Å²) in [6.07, 6.45) is -1.58. The van der Waals surface area contributed by atoms with E-state index < -0.39 is 41.4 Å². The third-order valence-corrected chi connectivity index (χ3v) is 6.62. The maximum absolute atomic E-state index is 13.2. The predicted molar refractivity (Wildman–Crippen MR) is 136 cm³/mol. The minimum absolute atomic E-state index is 0.0789. The van der Waals surface area contributed by atoms with Crippen molar-refractivity contribution >= 4 is 17.6 Å². The molecule has 0 spiro atoms. The number of para-hydroxylation sites is 1. The number of carbonyl (C=O) groups excluding carboxylic acids is 2. The zero-order valence-corrected chi connectivity index (χ0v) is 21.3. The fraction of sp³-hybridized carbons (Fsp3) is 0.357. The number of amides is 1. The van der Waals surface area contributed by atoms with E-state index in [1.54, 1.807) is 12.2 Å². The molecule has 3 atom stereocenters. The van der Waals surface area contributed by atoms with E-state index in [0.29, 0.717) is 24.3 Å². The van der Waals surface area contributed by atoms with Crippen molar-refractivity contribution in [1.82, 2.24) is 10.2 Å². The van der Waals surface area contributed by atoms with Crippen LogP contribution in [0.1, 0.15) is 11.1 Å². The first kappa shape index (κ1) is 27.4. The van der Waals surface area contributed by atoms with Gasteiger partial charge in [0.25, 0.3) is 5.91 Å². The second-order valence-electron chi connectivity index (χ2n) is 9.49. The van der Waals surface area contributed by atoms with Gasteiger partial charge in [0.2, 0.25) is 0 Å². The van der Waals surface area contributed by atoms with Gasteiger partial charge in [-0.15, -0.1) is 0 Å². The number of ether oxygens (including phenoxy) is 2. The Hall–Kier alpha value is -3.63. The number of alkyl halides is 3. The smallest absolute Gasteiger partial charge is 0.416 e. The van der Waals surface area contributed by atoms with Gasteiger partial charge in [-0.05, 0) is 56.4 Å². The van der Waals surface area contributed by atoms with Crippen LogP contribution in [0, 0.1) is 0 Å². The van der Waals surface area contributed by atoms with E-state index in [2.05, 4.69) is 10.6 Å². The van der Waals surface area contributed by atoms with Gasteiger partial charge in [-0.25, -0.2) is 4.79 Å². The summed E-state index contributed by atoms with van der Waals surface area (Å²) in [5.74, 6) is -1.14. The SMILES string of the molecule is COC(=O)C1=C(C(=O)NCCN(C)C)C2C=CC1(C(Cc1ccc(C(F)(F)F)cc1)Nc1ccccc1)O2. The molecule has 7 nitrogen and oxygen atoms in total. The number of benzene rings is 2. The molecule has 2 aliphatic rings. The molecule has 202 valence electrons. The highest BCUT2D eigenvalue weighted by molar-refractivity contribution is 6.07. The van der Waals surface area contributed by atoms with Crippen molar-refractivity contribution < 1.29 is 32.2 Å². The van der Waals surface area contributed by atoms with Crippen LogP contribution in [0.2, 0.25) is 0 Å². The summed E-state index contributed by atoms with van der Waals surface area (Å²) < 4.78 is 50.8. The highest BCUT2D eigenvalue weighted by Crippen LogP contribution is 2.47. The van der Waals surface area contributed by atoms with Gasteiger partial charge in [0.05, 0.1) is 29.9 Å². The van der Waals surface area contributed by atoms with Gasteiger partial charge >= 0.3 is 12.1 Å². The van der Waals surface area contributed by atoms with Crippen LogP contribution >= 0.6 is 0 Å². The number of hydrogen-bond acceptors (Lipinski definition) is 6. The van der Waals surface area contributed by atoms with Gasteiger partial charge < -0.3 is 25.0 Å². The third-order valence-electron chi connectivity index (χ3n) is 6.62. The molecule has 0 saturated heterocycles. The Morgan fingerprint density at radius 1 is 1.11 bits per heavy atom. The van der Waals surface area contributed by atoms with Gasteiger partial charge in [-0.2, -0.15) is 13.2 Å². The molecule has 10 heteroatoms. The Labute approximate surface area is 219 Å². The molecule has 2 aromatic carbocycles. The molecular formula is C28H30F3N3O4. The fourth-order valence-corrected chi connectivity index (χ4v) is 4.76. The van der Waals surface area contributed by atoms with Crippen LogP contribution in [0.25, 0.3) is 0 Å². The molecule has 38 heavy (non-hydrogen) atoms. The van der Waals surface area contributed by atoms with Crippen molar-refractivity contribution in [2.75, 3.05) is 39.6 Å². The summed E-state index contributed by atoms with van der Waals surface area (Å²) in [6, 6.07) is 13.4. The number of nitrogens with one attached hydrogen (secondary N) is 2. The summed E-state index contributed by atoms with van der Waals surface area (Å²) in [4.78, 5) is 28.3. The third kappa shape index (κ3) is 5.61. The number of esters is 1. The topological polar surface area (TPSA) is 79.9 Å². The quantitative estimate of drug-likeness (QED) is 0.362. The average molecular weight is 530 g/mol. The molecule has 2 aromatic rings. The molecule has 0 aromatic heterocycles. The summed E-state index contributed by atoms with van der Waals surface area (Å²) in [6.45, 7) is 0.968. The lowest BCUT2D eigenvalue weighted by molar-refractivity contribution is -0.138. The van der Waals surface area contributed by atoms with E-state index in [1.807, 2.05) is 49.3 Å². The van der Waals surface area contributed by atoms with Crippen LogP contribution in [0.4, 0.5) is 18.9 Å². The van der Waals surface area contributed by atoms with Crippen LogP contribution in [-0.2, 0) is 31.7 Å². The Balaban J connectivity index is 1.73. The standard InChI is InChI=1S/C28H30F3N3O4/c1-34(2)16-15-32-25(35)23-21-13-14-27(38-21,24(23)26(36)37-3)22(33-20-7-5-4-6-8-20)17-18-9-11-19(12-10-18)28(29,30)31/h4-14,21-22,33H,15-17H2,1-3H3,(H,32,35). The van der Waals surface area contributed by atoms with Gasteiger partial charge in [0.1, 0.15) is 11.7 Å². The zero-order chi connectivity index (χ0) is 27.5. The van der Waals surface area contributed by atoms with E-state index >= 15 is 0 Å². The summed E-state index contributed by atoms with van der Waals surface area (Å²) in [5.41, 5.74) is -0.580. The van der Waals surface area contributed by atoms with Gasteiger partial charge in [-0.3, -0.25) is 4.79 Å². The number of fused-ring (bicyclic) bond motifs is 2. The molecule has 3 unspecified atom stereocenters. The minimum Gasteiger partial charge on any atom is -0.466 e. The number of anilines is 1. The summed E-state index contributed by atoms with van der Waals surface area (Å²) in [5, 5.41) is 6.22. The molecule has 0 radical (unpaired) electrons. The highest BCUT2D eigenvalue weighted by atomic mass is 19.4. The number of methoxy groups -OCH3 is 1. The number of hydrogen-bond donors (Lipinski definition) is 2. The second-order valence-corrected chi connectivity index (χ2v) is 9.49. The molecule has 0 saturated carbocycles. The van der Waals surface area contributed by atoms with Crippen LogP contribution in [0.15, 0.2) is 77.9 Å². The first-order valence-corrected chi connectivity index (χ1v) is 12.2. The number of likely N-dealkylation sites (N-methyl/N-ethyl adjacent to an activating group) is 1. The number of carbonyl (C=O) groups is 2. The van der Waals surface area contributed by atoms with Crippen molar-refractivity contribution in [1.29, 1.82) is 0 Å². The summed E-state index contributed by atoms with van der Waals surface area (Å²) >= 11 is 0. The maximum atomic E-state index is 13.2. The van der Waals surface area contributed by atoms with E-state index in [1.165, 1.54) is 19.2 Å². The number of nitrogens with zero attached hydrogens (tertiary/aromatic N) is 1. The van der Waals surface area contributed by atoms with Gasteiger partial charge in [0, 0.05) is 18.8 Å². The molecule has 2 aliphatic heterocycles. The Bertz CT molecular complexity index is 1230. The summed E-state index contributed by atoms with van der Waals surface area (Å²) in [7, 11) is 4.99. The molecule has 2 bridgehead atoms. The van der Waals surface area contributed by atoms with E-state index in [9.17, 15) is 22.8 Å². The zero-order valence-electron chi connectivity index (χ0n) is 21.3. The van der Waals surface area contributed by atoms with Crippen molar-refractivity contribution in [3.8, 4) is 0 Å². The van der Waals surface area contributed by atoms with E-state index in [0.717, 1.165) is 12.1 Å². The molecule has 0 fully saturated rings. The van der Waals surface area contributed by atoms with Crippen molar-refractivity contribution in [3.05, 3.63) is 89.0 Å². The molecule has 0 aliphatic carbocycles. The predicted octanol–water partition coefficient (Wildman–Crippen LogP) is 3.58. The number of halogens is 3. The number of rotatable bonds is 10. The van der Waals surface area contributed by atoms with E-state index in [-0.39, 0.29) is 17.6 Å². The van der Waals surface area contributed by atoms with Gasteiger partial charge in [-0.1, -0.05) is 36.4 Å². The second kappa shape index (κ2) is 11.0. The van der Waals surface area contributed by atoms with Crippen LogP contribution < -0.4 is 10.6 Å². The lowest BCUT2D eigenvalue weighted by Gasteiger charge is -2.36. The molecule has 2 heterocycles. The monoisotopic (exact) mass is 529 g/mol. The largest absolute Gasteiger partial charge is 0.466 e. The molecular weight excluding hydrogens is 499 g/mol. The fourth-order valence-electron chi connectivity index (χ4n) is 4.76. The Morgan fingerprint density at radius 2 is 1.79 bits per heavy atom. The highest BCUT2D eigenvalue weighted by Gasteiger charge is 2.58. The molecule has 4 rings (SSSR count). The minimum atomic E-state index is -4.45. The maximum Gasteiger partial charge on any atom is 0.416 e. The molecule has 2 N–H and O–H groups in total. The Morgan fingerprint density at radius 3 is 2.39 bits per heavy atom. The lowest BCUT2D eigenvalue weighted by atomic mass is 9.78. The van der Waals surface area contributed by atoms with Crippen LogP contribution in [-0.4, -0.2) is 68.8 Å². The van der Waals surface area contributed by atoms with E-state index in [4.69, 9.17) is 9.47 Å². The van der Waals surface area contributed by atoms with Crippen LogP contribution in [0.3, 0.4) is 0 Å². The van der Waals surface area contributed by atoms with Crippen LogP contribution in [0.5, 0.6) is 0 Å².